The second-order valence-electron chi connectivity index (χ2n) is 7.77. The summed E-state index contributed by atoms with van der Waals surface area (Å²) in [5.74, 6) is 1.57. The maximum Gasteiger partial charge on any atom is 0.251 e. The fourth-order valence-electron chi connectivity index (χ4n) is 4.44. The van der Waals surface area contributed by atoms with E-state index >= 15 is 0 Å². The molecule has 2 unspecified atom stereocenters. The first kappa shape index (κ1) is 18.8. The zero-order valence-corrected chi connectivity index (χ0v) is 16.8. The van der Waals surface area contributed by atoms with Crippen molar-refractivity contribution in [3.63, 3.8) is 0 Å². The molecule has 0 aliphatic carbocycles. The van der Waals surface area contributed by atoms with Crippen LogP contribution in [0.1, 0.15) is 45.9 Å². The van der Waals surface area contributed by atoms with Gasteiger partial charge in [-0.1, -0.05) is 17.7 Å². The average molecular weight is 380 g/mol. The van der Waals surface area contributed by atoms with Crippen LogP contribution in [0.4, 0.5) is 0 Å². The first-order valence-electron chi connectivity index (χ1n) is 9.95. The van der Waals surface area contributed by atoms with Crippen LogP contribution in [0.25, 0.3) is 0 Å². The summed E-state index contributed by atoms with van der Waals surface area (Å²) >= 11 is 0. The monoisotopic (exact) mass is 380 g/mol. The number of carbonyl (C=O) groups is 1. The summed E-state index contributed by atoms with van der Waals surface area (Å²) in [4.78, 5) is 15.2. The van der Waals surface area contributed by atoms with Crippen molar-refractivity contribution in [2.75, 3.05) is 27.3 Å². The van der Waals surface area contributed by atoms with E-state index in [9.17, 15) is 4.79 Å². The maximum atomic E-state index is 12.7. The molecular formula is C23H28N2O3. The molecule has 28 heavy (non-hydrogen) atoms. The lowest BCUT2D eigenvalue weighted by Gasteiger charge is -2.43. The molecule has 1 saturated heterocycles. The molecule has 2 aromatic carbocycles. The van der Waals surface area contributed by atoms with Crippen LogP contribution in [0.3, 0.4) is 0 Å². The molecule has 1 fully saturated rings. The Balaban J connectivity index is 1.52. The van der Waals surface area contributed by atoms with Gasteiger partial charge in [0.2, 0.25) is 0 Å². The minimum Gasteiger partial charge on any atom is -0.493 e. The minimum atomic E-state index is 0.0156. The number of methoxy groups -OCH3 is 2. The number of aryl methyl sites for hydroxylation is 1. The third-order valence-electron chi connectivity index (χ3n) is 6.04. The summed E-state index contributed by atoms with van der Waals surface area (Å²) < 4.78 is 11.0. The SMILES string of the molecule is COc1cc2c(cc1OC)C1CC(NC(=O)c3ccc(C)cc3)CCN1CC2. The highest BCUT2D eigenvalue weighted by atomic mass is 16.5. The highest BCUT2D eigenvalue weighted by Gasteiger charge is 2.35. The Morgan fingerprint density at radius 3 is 2.50 bits per heavy atom. The first-order chi connectivity index (χ1) is 13.6. The van der Waals surface area contributed by atoms with Crippen molar-refractivity contribution < 1.29 is 14.3 Å². The molecule has 0 spiro atoms. The van der Waals surface area contributed by atoms with Gasteiger partial charge in [0.25, 0.3) is 5.91 Å². The molecule has 1 N–H and O–H groups in total. The minimum absolute atomic E-state index is 0.0156. The third kappa shape index (κ3) is 3.59. The number of fused-ring (bicyclic) bond motifs is 3. The molecule has 2 aliphatic rings. The Hall–Kier alpha value is -2.53. The highest BCUT2D eigenvalue weighted by molar-refractivity contribution is 5.94. The van der Waals surface area contributed by atoms with Crippen LogP contribution in [0, 0.1) is 6.92 Å². The van der Waals surface area contributed by atoms with Gasteiger partial charge in [0.15, 0.2) is 11.5 Å². The molecule has 148 valence electrons. The lowest BCUT2D eigenvalue weighted by atomic mass is 9.84. The van der Waals surface area contributed by atoms with Crippen molar-refractivity contribution in [3.8, 4) is 11.5 Å². The van der Waals surface area contributed by atoms with Crippen LogP contribution in [0.15, 0.2) is 36.4 Å². The zero-order valence-electron chi connectivity index (χ0n) is 16.8. The standard InChI is InChI=1S/C23H28N2O3/c1-15-4-6-16(7-5-15)23(26)24-18-9-11-25-10-8-17-12-21(27-2)22(28-3)14-19(17)20(25)13-18/h4-7,12,14,18,20H,8-11,13H2,1-3H3,(H,24,26). The van der Waals surface area contributed by atoms with E-state index in [1.54, 1.807) is 14.2 Å². The molecule has 2 aliphatic heterocycles. The fraction of sp³-hybridized carbons (Fsp3) is 0.435. The van der Waals surface area contributed by atoms with Gasteiger partial charge in [-0.15, -0.1) is 0 Å². The van der Waals surface area contributed by atoms with E-state index < -0.39 is 0 Å². The predicted octanol–water partition coefficient (Wildman–Crippen LogP) is 3.50. The van der Waals surface area contributed by atoms with Gasteiger partial charge in [-0.05, 0) is 61.6 Å². The quantitative estimate of drug-likeness (QED) is 0.882. The van der Waals surface area contributed by atoms with Gasteiger partial charge in [0.05, 0.1) is 14.2 Å². The number of hydrogen-bond acceptors (Lipinski definition) is 4. The third-order valence-corrected chi connectivity index (χ3v) is 6.04. The Kier molecular flexibility index (Phi) is 5.27. The average Bonchev–Trinajstić information content (AvgIpc) is 2.73. The Morgan fingerprint density at radius 2 is 1.79 bits per heavy atom. The fourth-order valence-corrected chi connectivity index (χ4v) is 4.44. The molecule has 0 aromatic heterocycles. The summed E-state index contributed by atoms with van der Waals surface area (Å²) in [6, 6.07) is 12.5. The number of amides is 1. The van der Waals surface area contributed by atoms with Crippen LogP contribution in [-0.2, 0) is 6.42 Å². The maximum absolute atomic E-state index is 12.7. The van der Waals surface area contributed by atoms with Gasteiger partial charge in [-0.2, -0.15) is 0 Å². The van der Waals surface area contributed by atoms with E-state index in [4.69, 9.17) is 9.47 Å². The van der Waals surface area contributed by atoms with E-state index in [-0.39, 0.29) is 11.9 Å². The summed E-state index contributed by atoms with van der Waals surface area (Å²) in [6.07, 6.45) is 2.92. The predicted molar refractivity (Wildman–Crippen MR) is 109 cm³/mol. The summed E-state index contributed by atoms with van der Waals surface area (Å²) in [5.41, 5.74) is 4.51. The summed E-state index contributed by atoms with van der Waals surface area (Å²) in [5, 5.41) is 3.25. The number of ether oxygens (including phenoxy) is 2. The van der Waals surface area contributed by atoms with Gasteiger partial charge < -0.3 is 14.8 Å². The van der Waals surface area contributed by atoms with E-state index in [0.717, 1.165) is 55.0 Å². The number of piperidine rings is 1. The number of nitrogens with one attached hydrogen (secondary N) is 1. The zero-order chi connectivity index (χ0) is 19.7. The molecule has 4 rings (SSSR count). The van der Waals surface area contributed by atoms with Gasteiger partial charge >= 0.3 is 0 Å². The first-order valence-corrected chi connectivity index (χ1v) is 9.95. The topological polar surface area (TPSA) is 50.8 Å². The van der Waals surface area contributed by atoms with Crippen molar-refractivity contribution in [1.29, 1.82) is 0 Å². The molecule has 2 aromatic rings. The largest absolute Gasteiger partial charge is 0.493 e. The Bertz CT molecular complexity index is 863. The normalized spacial score (nSPS) is 21.4. The second kappa shape index (κ2) is 7.84. The van der Waals surface area contributed by atoms with Gasteiger partial charge in [-0.3, -0.25) is 9.69 Å². The van der Waals surface area contributed by atoms with E-state index in [2.05, 4.69) is 22.3 Å². The smallest absolute Gasteiger partial charge is 0.251 e. The summed E-state index contributed by atoms with van der Waals surface area (Å²) in [6.45, 7) is 4.07. The van der Waals surface area contributed by atoms with Crippen molar-refractivity contribution in [2.45, 2.75) is 38.3 Å². The van der Waals surface area contributed by atoms with E-state index in [1.807, 2.05) is 31.2 Å². The lowest BCUT2D eigenvalue weighted by molar-refractivity contribution is 0.0843. The van der Waals surface area contributed by atoms with Crippen LogP contribution in [0.5, 0.6) is 11.5 Å². The molecule has 0 bridgehead atoms. The van der Waals surface area contributed by atoms with Crippen LogP contribution in [-0.4, -0.2) is 44.2 Å². The van der Waals surface area contributed by atoms with Crippen molar-refractivity contribution in [2.24, 2.45) is 0 Å². The van der Waals surface area contributed by atoms with Crippen LogP contribution in [0.2, 0.25) is 0 Å². The Labute approximate surface area is 166 Å². The van der Waals surface area contributed by atoms with Crippen molar-refractivity contribution in [1.82, 2.24) is 10.2 Å². The number of nitrogens with zero attached hydrogens (tertiary/aromatic N) is 1. The van der Waals surface area contributed by atoms with Gasteiger partial charge in [0.1, 0.15) is 0 Å². The van der Waals surface area contributed by atoms with E-state index in [0.29, 0.717) is 6.04 Å². The van der Waals surface area contributed by atoms with E-state index in [1.165, 1.54) is 11.1 Å². The Morgan fingerprint density at radius 1 is 1.07 bits per heavy atom. The number of hydrogen-bond donors (Lipinski definition) is 1. The molecule has 5 nitrogen and oxygen atoms in total. The van der Waals surface area contributed by atoms with Crippen molar-refractivity contribution in [3.05, 3.63) is 58.7 Å². The van der Waals surface area contributed by atoms with Gasteiger partial charge in [0, 0.05) is 30.7 Å². The van der Waals surface area contributed by atoms with Crippen LogP contribution >= 0.6 is 0 Å². The molecule has 2 atom stereocenters. The molecule has 1 amide bonds. The van der Waals surface area contributed by atoms with Crippen LogP contribution < -0.4 is 14.8 Å². The second-order valence-corrected chi connectivity index (χ2v) is 7.77. The number of carbonyl (C=O) groups excluding carboxylic acids is 1. The van der Waals surface area contributed by atoms with Gasteiger partial charge in [-0.25, -0.2) is 0 Å². The highest BCUT2D eigenvalue weighted by Crippen LogP contribution is 2.41. The number of benzene rings is 2. The molecular weight excluding hydrogens is 352 g/mol. The molecule has 0 radical (unpaired) electrons. The van der Waals surface area contributed by atoms with Crippen molar-refractivity contribution >= 4 is 5.91 Å². The molecule has 2 heterocycles. The summed E-state index contributed by atoms with van der Waals surface area (Å²) in [7, 11) is 3.35. The molecule has 0 saturated carbocycles. The molecule has 5 heteroatoms. The number of rotatable bonds is 4. The lowest BCUT2D eigenvalue weighted by Crippen LogP contribution is -2.48.